The van der Waals surface area contributed by atoms with Gasteiger partial charge in [0.1, 0.15) is 0 Å². The van der Waals surface area contributed by atoms with Crippen LogP contribution < -0.4 is 0 Å². The second-order valence-corrected chi connectivity index (χ2v) is 6.98. The largest absolute Gasteiger partial charge is 0.304 e. The van der Waals surface area contributed by atoms with Crippen LogP contribution in [0, 0.1) is 0 Å². The molecule has 0 saturated heterocycles. The maximum atomic E-state index is 6.03. The van der Waals surface area contributed by atoms with Crippen LogP contribution in [0.3, 0.4) is 0 Å². The number of nitrogens with zero attached hydrogens (tertiary/aromatic N) is 2. The first kappa shape index (κ1) is 17.6. The highest BCUT2D eigenvalue weighted by molar-refractivity contribution is 7.99. The van der Waals surface area contributed by atoms with Crippen LogP contribution in [-0.4, -0.2) is 35.3 Å². The van der Waals surface area contributed by atoms with Crippen molar-refractivity contribution >= 4 is 34.3 Å². The van der Waals surface area contributed by atoms with E-state index in [1.165, 1.54) is 41.8 Å². The number of unbranched alkanes of at least 4 members (excludes halogenated alkanes) is 2. The van der Waals surface area contributed by atoms with Crippen molar-refractivity contribution in [2.24, 2.45) is 0 Å². The SMILES string of the molecule is CCN(CC)CCCCCSc1ccnc2cc(Cl)ccc12. The van der Waals surface area contributed by atoms with E-state index in [9.17, 15) is 0 Å². The molecule has 0 aliphatic heterocycles. The molecule has 0 N–H and O–H groups in total. The van der Waals surface area contributed by atoms with E-state index in [0.29, 0.717) is 0 Å². The summed E-state index contributed by atoms with van der Waals surface area (Å²) < 4.78 is 0. The van der Waals surface area contributed by atoms with Crippen LogP contribution in [0.15, 0.2) is 35.4 Å². The van der Waals surface area contributed by atoms with Crippen molar-refractivity contribution in [2.45, 2.75) is 38.0 Å². The van der Waals surface area contributed by atoms with Gasteiger partial charge in [-0.3, -0.25) is 4.98 Å². The molecule has 0 saturated carbocycles. The summed E-state index contributed by atoms with van der Waals surface area (Å²) in [5.41, 5.74) is 0.985. The molecule has 0 fully saturated rings. The maximum Gasteiger partial charge on any atom is 0.0728 e. The van der Waals surface area contributed by atoms with Gasteiger partial charge in [0, 0.05) is 21.5 Å². The normalized spacial score (nSPS) is 11.5. The van der Waals surface area contributed by atoms with Gasteiger partial charge in [0.05, 0.1) is 5.52 Å². The van der Waals surface area contributed by atoms with Gasteiger partial charge < -0.3 is 4.90 Å². The summed E-state index contributed by atoms with van der Waals surface area (Å²) in [6.07, 6.45) is 5.75. The van der Waals surface area contributed by atoms with E-state index < -0.39 is 0 Å². The van der Waals surface area contributed by atoms with Crippen molar-refractivity contribution in [1.82, 2.24) is 9.88 Å². The number of aromatic nitrogens is 1. The zero-order valence-corrected chi connectivity index (χ0v) is 15.1. The molecule has 0 aliphatic carbocycles. The molecule has 1 aromatic heterocycles. The van der Waals surface area contributed by atoms with Crippen molar-refractivity contribution in [2.75, 3.05) is 25.4 Å². The summed E-state index contributed by atoms with van der Waals surface area (Å²) in [6, 6.07) is 8.06. The predicted molar refractivity (Wildman–Crippen MR) is 99.1 cm³/mol. The van der Waals surface area contributed by atoms with Crippen LogP contribution in [-0.2, 0) is 0 Å². The topological polar surface area (TPSA) is 16.1 Å². The highest BCUT2D eigenvalue weighted by Crippen LogP contribution is 2.28. The fraction of sp³-hybridized carbons (Fsp3) is 0.500. The molecular formula is C18H25ClN2S. The van der Waals surface area contributed by atoms with Gasteiger partial charge in [-0.05, 0) is 56.4 Å². The molecule has 0 bridgehead atoms. The molecule has 2 nitrogen and oxygen atoms in total. The summed E-state index contributed by atoms with van der Waals surface area (Å²) in [5, 5.41) is 1.96. The standard InChI is InChI=1S/C18H25ClN2S/c1-3-21(4-2)12-6-5-7-13-22-18-10-11-20-17-14-15(19)8-9-16(17)18/h8-11,14H,3-7,12-13H2,1-2H3. The van der Waals surface area contributed by atoms with E-state index in [-0.39, 0.29) is 0 Å². The Morgan fingerprint density at radius 1 is 1.09 bits per heavy atom. The second-order valence-electron chi connectivity index (χ2n) is 5.41. The third-order valence-electron chi connectivity index (χ3n) is 3.94. The molecule has 1 aromatic carbocycles. The fourth-order valence-corrected chi connectivity index (χ4v) is 3.78. The lowest BCUT2D eigenvalue weighted by Crippen LogP contribution is -2.23. The van der Waals surface area contributed by atoms with Gasteiger partial charge in [0.15, 0.2) is 0 Å². The lowest BCUT2D eigenvalue weighted by atomic mass is 10.2. The van der Waals surface area contributed by atoms with E-state index in [1.807, 2.05) is 30.1 Å². The third-order valence-corrected chi connectivity index (χ3v) is 5.33. The molecule has 22 heavy (non-hydrogen) atoms. The van der Waals surface area contributed by atoms with Gasteiger partial charge in [-0.25, -0.2) is 0 Å². The Balaban J connectivity index is 1.78. The number of hydrogen-bond donors (Lipinski definition) is 0. The summed E-state index contributed by atoms with van der Waals surface area (Å²) in [5.74, 6) is 1.17. The number of pyridine rings is 1. The van der Waals surface area contributed by atoms with Gasteiger partial charge in [0.2, 0.25) is 0 Å². The molecule has 0 amide bonds. The first-order valence-electron chi connectivity index (χ1n) is 8.14. The minimum Gasteiger partial charge on any atom is -0.304 e. The van der Waals surface area contributed by atoms with Crippen molar-refractivity contribution in [3.05, 3.63) is 35.5 Å². The molecule has 0 radical (unpaired) electrons. The van der Waals surface area contributed by atoms with E-state index >= 15 is 0 Å². The predicted octanol–water partition coefficient (Wildman–Crippen LogP) is 5.49. The summed E-state index contributed by atoms with van der Waals surface area (Å²) in [4.78, 5) is 8.20. The zero-order chi connectivity index (χ0) is 15.8. The first-order valence-corrected chi connectivity index (χ1v) is 9.50. The van der Waals surface area contributed by atoms with E-state index in [4.69, 9.17) is 11.6 Å². The maximum absolute atomic E-state index is 6.03. The number of hydrogen-bond acceptors (Lipinski definition) is 3. The Labute approximate surface area is 143 Å². The molecule has 0 aliphatic rings. The fourth-order valence-electron chi connectivity index (χ4n) is 2.56. The lowest BCUT2D eigenvalue weighted by molar-refractivity contribution is 0.296. The summed E-state index contributed by atoms with van der Waals surface area (Å²) in [6.45, 7) is 8.03. The zero-order valence-electron chi connectivity index (χ0n) is 13.5. The molecule has 0 atom stereocenters. The lowest BCUT2D eigenvalue weighted by Gasteiger charge is -2.17. The van der Waals surface area contributed by atoms with Crippen LogP contribution in [0.5, 0.6) is 0 Å². The quantitative estimate of drug-likeness (QED) is 0.444. The molecule has 2 rings (SSSR count). The van der Waals surface area contributed by atoms with Crippen molar-refractivity contribution in [1.29, 1.82) is 0 Å². The van der Waals surface area contributed by atoms with Crippen LogP contribution >= 0.6 is 23.4 Å². The van der Waals surface area contributed by atoms with Crippen LogP contribution in [0.1, 0.15) is 33.1 Å². The Morgan fingerprint density at radius 2 is 1.91 bits per heavy atom. The molecular weight excluding hydrogens is 312 g/mol. The highest BCUT2D eigenvalue weighted by Gasteiger charge is 2.04. The third kappa shape index (κ3) is 5.15. The molecule has 4 heteroatoms. The minimum absolute atomic E-state index is 0.749. The molecule has 0 unspecified atom stereocenters. The number of thioether (sulfide) groups is 1. The Morgan fingerprint density at radius 3 is 2.68 bits per heavy atom. The van der Waals surface area contributed by atoms with Gasteiger partial charge in [0.25, 0.3) is 0 Å². The number of benzene rings is 1. The van der Waals surface area contributed by atoms with Gasteiger partial charge in [-0.1, -0.05) is 37.9 Å². The average molecular weight is 337 g/mol. The van der Waals surface area contributed by atoms with Gasteiger partial charge >= 0.3 is 0 Å². The van der Waals surface area contributed by atoms with Gasteiger partial charge in [-0.2, -0.15) is 0 Å². The summed E-state index contributed by atoms with van der Waals surface area (Å²) >= 11 is 7.96. The molecule has 1 heterocycles. The van der Waals surface area contributed by atoms with E-state index in [0.717, 1.165) is 23.6 Å². The van der Waals surface area contributed by atoms with E-state index in [2.05, 4.69) is 35.9 Å². The number of rotatable bonds is 9. The number of halogens is 1. The van der Waals surface area contributed by atoms with Crippen molar-refractivity contribution < 1.29 is 0 Å². The Bertz CT molecular complexity index is 584. The highest BCUT2D eigenvalue weighted by atomic mass is 35.5. The summed E-state index contributed by atoms with van der Waals surface area (Å²) in [7, 11) is 0. The minimum atomic E-state index is 0.749. The van der Waals surface area contributed by atoms with Crippen LogP contribution in [0.25, 0.3) is 10.9 Å². The smallest absolute Gasteiger partial charge is 0.0728 e. The van der Waals surface area contributed by atoms with Crippen LogP contribution in [0.2, 0.25) is 5.02 Å². The van der Waals surface area contributed by atoms with Gasteiger partial charge in [-0.15, -0.1) is 11.8 Å². The van der Waals surface area contributed by atoms with Crippen LogP contribution in [0.4, 0.5) is 0 Å². The molecule has 0 spiro atoms. The second kappa shape index (κ2) is 9.39. The number of fused-ring (bicyclic) bond motifs is 1. The van der Waals surface area contributed by atoms with E-state index in [1.54, 1.807) is 0 Å². The average Bonchev–Trinajstić information content (AvgIpc) is 2.54. The Hall–Kier alpha value is -0.770. The van der Waals surface area contributed by atoms with Crippen molar-refractivity contribution in [3.63, 3.8) is 0 Å². The Kier molecular flexibility index (Phi) is 7.50. The van der Waals surface area contributed by atoms with Crippen molar-refractivity contribution in [3.8, 4) is 0 Å². The first-order chi connectivity index (χ1) is 10.7. The molecule has 2 aromatic rings. The molecule has 120 valence electrons. The monoisotopic (exact) mass is 336 g/mol.